The van der Waals surface area contributed by atoms with E-state index in [1.807, 2.05) is 19.4 Å². The summed E-state index contributed by atoms with van der Waals surface area (Å²) in [5, 5.41) is 12.0. The zero-order valence-corrected chi connectivity index (χ0v) is 13.9. The molecule has 0 aliphatic carbocycles. The molecule has 0 atom stereocenters. The van der Waals surface area contributed by atoms with Crippen molar-refractivity contribution < 1.29 is 9.53 Å². The number of aryl methyl sites for hydroxylation is 1. The number of fused-ring (bicyclic) bond motifs is 1. The van der Waals surface area contributed by atoms with Crippen molar-refractivity contribution in [3.63, 3.8) is 0 Å². The van der Waals surface area contributed by atoms with Gasteiger partial charge in [0.2, 0.25) is 0 Å². The van der Waals surface area contributed by atoms with E-state index >= 15 is 0 Å². The quantitative estimate of drug-likeness (QED) is 0.690. The molecule has 0 radical (unpaired) electrons. The molecule has 9 heteroatoms. The van der Waals surface area contributed by atoms with Crippen LogP contribution < -0.4 is 15.0 Å². The Morgan fingerprint density at radius 1 is 1.20 bits per heavy atom. The summed E-state index contributed by atoms with van der Waals surface area (Å²) in [6.45, 7) is 3.91. The zero-order valence-electron chi connectivity index (χ0n) is 13.9. The van der Waals surface area contributed by atoms with Crippen LogP contribution in [0.4, 0.5) is 5.69 Å². The van der Waals surface area contributed by atoms with Gasteiger partial charge in [-0.05, 0) is 13.0 Å². The van der Waals surface area contributed by atoms with Crippen molar-refractivity contribution in [3.05, 3.63) is 24.8 Å². The molecule has 1 saturated heterocycles. The molecule has 3 aromatic heterocycles. The highest BCUT2D eigenvalue weighted by atomic mass is 16.5. The third-order valence-electron chi connectivity index (χ3n) is 4.27. The first-order valence-corrected chi connectivity index (χ1v) is 8.19. The molecule has 4 rings (SSSR count). The number of ether oxygens (including phenoxy) is 1. The van der Waals surface area contributed by atoms with Gasteiger partial charge < -0.3 is 15.0 Å². The summed E-state index contributed by atoms with van der Waals surface area (Å²) in [6, 6.07) is 0. The van der Waals surface area contributed by atoms with Gasteiger partial charge in [0, 0.05) is 56.4 Å². The van der Waals surface area contributed by atoms with Crippen molar-refractivity contribution in [2.24, 2.45) is 7.05 Å². The summed E-state index contributed by atoms with van der Waals surface area (Å²) in [5.74, 6) is 0.285. The van der Waals surface area contributed by atoms with Gasteiger partial charge in [0.1, 0.15) is 5.69 Å². The van der Waals surface area contributed by atoms with Gasteiger partial charge in [-0.25, -0.2) is 9.50 Å². The van der Waals surface area contributed by atoms with Crippen LogP contribution in [0.1, 0.15) is 6.42 Å². The summed E-state index contributed by atoms with van der Waals surface area (Å²) in [6.07, 6.45) is 8.35. The molecule has 0 saturated carbocycles. The van der Waals surface area contributed by atoms with Crippen LogP contribution in [0.2, 0.25) is 0 Å². The van der Waals surface area contributed by atoms with Crippen LogP contribution in [0, 0.1) is 0 Å². The van der Waals surface area contributed by atoms with E-state index < -0.39 is 0 Å². The standard InChI is InChI=1S/C16H19N7O2/c1-21-9-13(8-19-21)12-7-18-15-14(22-5-2-3-17-4-6-22)16(25-11-24)20-23(15)10-12/h7-11,17H,2-6H2,1H3. The number of carbonyl (C=O) groups excluding carboxylic acids is 1. The lowest BCUT2D eigenvalue weighted by Gasteiger charge is -2.20. The third kappa shape index (κ3) is 2.93. The van der Waals surface area contributed by atoms with Crippen molar-refractivity contribution in [3.8, 4) is 17.0 Å². The molecule has 1 aliphatic rings. The van der Waals surface area contributed by atoms with E-state index in [0.717, 1.165) is 49.4 Å². The molecule has 3 aromatic rings. The number of carbonyl (C=O) groups is 1. The molecule has 0 unspecified atom stereocenters. The SMILES string of the molecule is Cn1cc(-c2cnc3c(N4CCCNCC4)c(OC=O)nn3c2)cn1. The first kappa shape index (κ1) is 15.6. The number of anilines is 1. The lowest BCUT2D eigenvalue weighted by Crippen LogP contribution is -2.28. The Labute approximate surface area is 144 Å². The molecule has 1 fully saturated rings. The maximum absolute atomic E-state index is 10.9. The van der Waals surface area contributed by atoms with Gasteiger partial charge in [0.25, 0.3) is 12.4 Å². The normalized spacial score (nSPS) is 15.3. The predicted octanol–water partition coefficient (Wildman–Crippen LogP) is 0.465. The molecule has 9 nitrogen and oxygen atoms in total. The molecule has 25 heavy (non-hydrogen) atoms. The van der Waals surface area contributed by atoms with Gasteiger partial charge in [0.15, 0.2) is 5.65 Å². The molecule has 4 heterocycles. The smallest absolute Gasteiger partial charge is 0.299 e. The largest absolute Gasteiger partial charge is 0.406 e. The highest BCUT2D eigenvalue weighted by molar-refractivity contribution is 5.77. The minimum absolute atomic E-state index is 0.285. The van der Waals surface area contributed by atoms with E-state index in [1.54, 1.807) is 21.6 Å². The van der Waals surface area contributed by atoms with Crippen molar-refractivity contribution in [2.75, 3.05) is 31.1 Å². The van der Waals surface area contributed by atoms with Crippen molar-refractivity contribution in [2.45, 2.75) is 6.42 Å². The average molecular weight is 341 g/mol. The van der Waals surface area contributed by atoms with Gasteiger partial charge in [-0.15, -0.1) is 5.10 Å². The molecule has 0 amide bonds. The van der Waals surface area contributed by atoms with E-state index in [0.29, 0.717) is 12.1 Å². The van der Waals surface area contributed by atoms with Gasteiger partial charge in [-0.2, -0.15) is 5.10 Å². The summed E-state index contributed by atoms with van der Waals surface area (Å²) in [4.78, 5) is 17.7. The minimum atomic E-state index is 0.285. The van der Waals surface area contributed by atoms with Gasteiger partial charge >= 0.3 is 0 Å². The monoisotopic (exact) mass is 341 g/mol. The molecule has 0 spiro atoms. The number of aromatic nitrogens is 5. The van der Waals surface area contributed by atoms with Gasteiger partial charge in [-0.3, -0.25) is 9.48 Å². The van der Waals surface area contributed by atoms with E-state index in [9.17, 15) is 4.79 Å². The van der Waals surface area contributed by atoms with Crippen LogP contribution >= 0.6 is 0 Å². The Balaban J connectivity index is 1.80. The lowest BCUT2D eigenvalue weighted by molar-refractivity contribution is -0.120. The number of nitrogens with zero attached hydrogens (tertiary/aromatic N) is 6. The molecular formula is C16H19N7O2. The van der Waals surface area contributed by atoms with Crippen LogP contribution in [0.15, 0.2) is 24.8 Å². The Kier molecular flexibility index (Phi) is 4.06. The minimum Gasteiger partial charge on any atom is -0.406 e. The van der Waals surface area contributed by atoms with Crippen molar-refractivity contribution in [1.82, 2.24) is 29.7 Å². The maximum atomic E-state index is 10.9. The Bertz CT molecular complexity index is 893. The Morgan fingerprint density at radius 3 is 2.88 bits per heavy atom. The maximum Gasteiger partial charge on any atom is 0.299 e. The van der Waals surface area contributed by atoms with Gasteiger partial charge in [0.05, 0.1) is 6.20 Å². The average Bonchev–Trinajstić information content (AvgIpc) is 3.08. The number of hydrogen-bond acceptors (Lipinski definition) is 7. The van der Waals surface area contributed by atoms with E-state index in [1.165, 1.54) is 0 Å². The molecule has 0 aromatic carbocycles. The molecular weight excluding hydrogens is 322 g/mol. The summed E-state index contributed by atoms with van der Waals surface area (Å²) < 4.78 is 8.53. The first-order valence-electron chi connectivity index (χ1n) is 8.19. The summed E-state index contributed by atoms with van der Waals surface area (Å²) in [5.41, 5.74) is 3.27. The number of rotatable bonds is 4. The van der Waals surface area contributed by atoms with E-state index in [2.05, 4.69) is 25.4 Å². The fraction of sp³-hybridized carbons (Fsp3) is 0.375. The highest BCUT2D eigenvalue weighted by Crippen LogP contribution is 2.32. The van der Waals surface area contributed by atoms with Gasteiger partial charge in [-0.1, -0.05) is 0 Å². The van der Waals surface area contributed by atoms with Crippen LogP contribution in [0.5, 0.6) is 5.88 Å². The topological polar surface area (TPSA) is 89.6 Å². The molecule has 1 N–H and O–H groups in total. The molecule has 0 bridgehead atoms. The van der Waals surface area contributed by atoms with Crippen LogP contribution in [0.3, 0.4) is 0 Å². The van der Waals surface area contributed by atoms with Crippen molar-refractivity contribution in [1.29, 1.82) is 0 Å². The van der Waals surface area contributed by atoms with Crippen LogP contribution in [-0.4, -0.2) is 57.0 Å². The third-order valence-corrected chi connectivity index (χ3v) is 4.27. The molecule has 1 aliphatic heterocycles. The molecule has 130 valence electrons. The Hall–Kier alpha value is -2.94. The number of hydrogen-bond donors (Lipinski definition) is 1. The highest BCUT2D eigenvalue weighted by Gasteiger charge is 2.23. The first-order chi connectivity index (χ1) is 12.3. The second-order valence-electron chi connectivity index (χ2n) is 5.97. The zero-order chi connectivity index (χ0) is 17.2. The second-order valence-corrected chi connectivity index (χ2v) is 5.97. The van der Waals surface area contributed by atoms with Crippen molar-refractivity contribution >= 4 is 17.8 Å². The van der Waals surface area contributed by atoms with Crippen LogP contribution in [0.25, 0.3) is 16.8 Å². The van der Waals surface area contributed by atoms with E-state index in [-0.39, 0.29) is 5.88 Å². The predicted molar refractivity (Wildman–Crippen MR) is 91.6 cm³/mol. The fourth-order valence-corrected chi connectivity index (χ4v) is 3.09. The summed E-state index contributed by atoms with van der Waals surface area (Å²) >= 11 is 0. The van der Waals surface area contributed by atoms with Crippen LogP contribution in [-0.2, 0) is 11.8 Å². The summed E-state index contributed by atoms with van der Waals surface area (Å²) in [7, 11) is 1.87. The lowest BCUT2D eigenvalue weighted by atomic mass is 10.2. The Morgan fingerprint density at radius 2 is 2.08 bits per heavy atom. The fourth-order valence-electron chi connectivity index (χ4n) is 3.09. The number of nitrogens with one attached hydrogen (secondary N) is 1. The second kappa shape index (κ2) is 6.52. The van der Waals surface area contributed by atoms with E-state index in [4.69, 9.17) is 4.74 Å².